The van der Waals surface area contributed by atoms with E-state index in [2.05, 4.69) is 114 Å². The van der Waals surface area contributed by atoms with E-state index in [4.69, 9.17) is 18.2 Å². The number of hydrogen-bond acceptors (Lipinski definition) is 5. The molecule has 0 saturated heterocycles. The number of rotatable bonds is 5. The Kier molecular flexibility index (Phi) is 6.18. The summed E-state index contributed by atoms with van der Waals surface area (Å²) < 4.78 is 19.7. The van der Waals surface area contributed by atoms with E-state index in [1.807, 2.05) is 60.7 Å². The topological polar surface area (TPSA) is 55.6 Å². The Labute approximate surface area is 297 Å². The number of para-hydroxylation sites is 2. The molecule has 0 atom stereocenters. The molecule has 52 heavy (non-hydrogen) atoms. The Bertz CT molecular complexity index is 3130. The third-order valence-electron chi connectivity index (χ3n) is 10.1. The lowest BCUT2D eigenvalue weighted by Crippen LogP contribution is -2.10. The van der Waals surface area contributed by atoms with Crippen LogP contribution < -0.4 is 4.90 Å². The molecule has 0 N–H and O–H groups in total. The van der Waals surface area contributed by atoms with Crippen LogP contribution in [0.5, 0.6) is 0 Å². The first-order chi connectivity index (χ1) is 25.8. The molecule has 8 aromatic carbocycles. The fourth-order valence-electron chi connectivity index (χ4n) is 7.75. The molecule has 0 saturated carbocycles. The molecule has 0 aliphatic heterocycles. The molecule has 11 aromatic rings. The highest BCUT2D eigenvalue weighted by Crippen LogP contribution is 2.47. The van der Waals surface area contributed by atoms with Crippen LogP contribution in [0, 0.1) is 0 Å². The van der Waals surface area contributed by atoms with E-state index in [1.54, 1.807) is 0 Å². The van der Waals surface area contributed by atoms with Crippen molar-refractivity contribution in [3.8, 4) is 22.6 Å². The zero-order chi connectivity index (χ0) is 34.2. The van der Waals surface area contributed by atoms with Gasteiger partial charge in [-0.25, -0.2) is 4.98 Å². The third-order valence-corrected chi connectivity index (χ3v) is 10.1. The van der Waals surface area contributed by atoms with Crippen LogP contribution in [0.4, 0.5) is 17.1 Å². The van der Waals surface area contributed by atoms with Crippen molar-refractivity contribution in [2.24, 2.45) is 0 Å². The van der Waals surface area contributed by atoms with Gasteiger partial charge in [0.25, 0.3) is 0 Å². The zero-order valence-electron chi connectivity index (χ0n) is 27.8. The summed E-state index contributed by atoms with van der Waals surface area (Å²) in [6, 6.07) is 58.5. The minimum absolute atomic E-state index is 0.583. The maximum atomic E-state index is 6.80. The SMILES string of the molecule is c1ccc(-c2nc3ccc4oc5c(N(c6ccc(-c7cccc8ccccc78)cc6)c6cccc7oc8ccccc8c67)cccc5c4c3o2)cc1. The predicted molar refractivity (Wildman–Crippen MR) is 212 cm³/mol. The fourth-order valence-corrected chi connectivity index (χ4v) is 7.75. The van der Waals surface area contributed by atoms with Crippen LogP contribution in [0.1, 0.15) is 0 Å². The van der Waals surface area contributed by atoms with Gasteiger partial charge >= 0.3 is 0 Å². The minimum atomic E-state index is 0.583. The molecule has 3 aromatic heterocycles. The number of fused-ring (bicyclic) bond motifs is 9. The fraction of sp³-hybridized carbons (Fsp3) is 0. The van der Waals surface area contributed by atoms with Crippen molar-refractivity contribution in [2.75, 3.05) is 4.90 Å². The van der Waals surface area contributed by atoms with Crippen molar-refractivity contribution >= 4 is 82.8 Å². The standard InChI is InChI=1S/C47H28N2O3/c1-2-12-31(13-3-1)47-48-37-27-28-42-44(46(37)52-47)36-18-9-20-39(45(36)51-42)49(38-19-10-22-41-43(38)35-16-6-7-21-40(35)50-41)32-25-23-30(24-26-32)34-17-8-14-29-11-4-5-15-33(29)34/h1-28H. The minimum Gasteiger partial charge on any atom is -0.456 e. The molecule has 0 fully saturated rings. The summed E-state index contributed by atoms with van der Waals surface area (Å²) in [5.74, 6) is 0.583. The smallest absolute Gasteiger partial charge is 0.227 e. The van der Waals surface area contributed by atoms with Gasteiger partial charge in [0, 0.05) is 22.0 Å². The van der Waals surface area contributed by atoms with Gasteiger partial charge in [-0.2, -0.15) is 0 Å². The van der Waals surface area contributed by atoms with Crippen LogP contribution in [0.2, 0.25) is 0 Å². The van der Waals surface area contributed by atoms with Gasteiger partial charge in [-0.05, 0) is 82.6 Å². The van der Waals surface area contributed by atoms with Crippen LogP contribution in [-0.4, -0.2) is 4.98 Å². The molecule has 0 aliphatic carbocycles. The second-order valence-corrected chi connectivity index (χ2v) is 13.1. The number of aromatic nitrogens is 1. The second kappa shape index (κ2) is 11.2. The number of anilines is 3. The number of hydrogen-bond donors (Lipinski definition) is 0. The lowest BCUT2D eigenvalue weighted by Gasteiger charge is -2.26. The van der Waals surface area contributed by atoms with Gasteiger partial charge in [-0.3, -0.25) is 0 Å². The summed E-state index contributed by atoms with van der Waals surface area (Å²) in [4.78, 5) is 7.14. The normalized spacial score (nSPS) is 11.8. The Morgan fingerprint density at radius 3 is 2.00 bits per heavy atom. The van der Waals surface area contributed by atoms with Crippen molar-refractivity contribution < 1.29 is 13.3 Å². The van der Waals surface area contributed by atoms with E-state index in [1.165, 1.54) is 16.3 Å². The average molecular weight is 669 g/mol. The monoisotopic (exact) mass is 668 g/mol. The van der Waals surface area contributed by atoms with E-state index in [0.717, 1.165) is 77.6 Å². The quantitative estimate of drug-likeness (QED) is 0.183. The third kappa shape index (κ3) is 4.33. The summed E-state index contributed by atoms with van der Waals surface area (Å²) in [5, 5.41) is 6.40. The van der Waals surface area contributed by atoms with E-state index >= 15 is 0 Å². The highest BCUT2D eigenvalue weighted by molar-refractivity contribution is 6.20. The van der Waals surface area contributed by atoms with Gasteiger partial charge in [-0.1, -0.05) is 109 Å². The first-order valence-electron chi connectivity index (χ1n) is 17.4. The first-order valence-corrected chi connectivity index (χ1v) is 17.4. The van der Waals surface area contributed by atoms with E-state index in [-0.39, 0.29) is 0 Å². The highest BCUT2D eigenvalue weighted by atomic mass is 16.4. The highest BCUT2D eigenvalue weighted by Gasteiger charge is 2.25. The maximum Gasteiger partial charge on any atom is 0.227 e. The molecule has 0 unspecified atom stereocenters. The number of benzene rings is 8. The molecule has 0 spiro atoms. The summed E-state index contributed by atoms with van der Waals surface area (Å²) in [6.45, 7) is 0. The number of oxazole rings is 1. The Hall–Kier alpha value is -7.11. The van der Waals surface area contributed by atoms with Crippen LogP contribution in [0.15, 0.2) is 183 Å². The molecule has 11 rings (SSSR count). The molecule has 244 valence electrons. The van der Waals surface area contributed by atoms with Gasteiger partial charge in [0.15, 0.2) is 11.2 Å². The van der Waals surface area contributed by atoms with Crippen molar-refractivity contribution in [3.63, 3.8) is 0 Å². The lowest BCUT2D eigenvalue weighted by molar-refractivity contribution is 0.622. The van der Waals surface area contributed by atoms with Gasteiger partial charge in [0.1, 0.15) is 22.3 Å². The zero-order valence-corrected chi connectivity index (χ0v) is 27.8. The van der Waals surface area contributed by atoms with Crippen LogP contribution in [0.25, 0.3) is 88.3 Å². The molecular formula is C47H28N2O3. The molecule has 0 bridgehead atoms. The van der Waals surface area contributed by atoms with Crippen molar-refractivity contribution in [3.05, 3.63) is 170 Å². The molecule has 0 radical (unpaired) electrons. The molecule has 3 heterocycles. The summed E-state index contributed by atoms with van der Waals surface area (Å²) in [7, 11) is 0. The Balaban J connectivity index is 1.15. The molecule has 0 amide bonds. The lowest BCUT2D eigenvalue weighted by atomic mass is 9.98. The molecular weight excluding hydrogens is 641 g/mol. The van der Waals surface area contributed by atoms with Crippen molar-refractivity contribution in [2.45, 2.75) is 0 Å². The Morgan fingerprint density at radius 2 is 1.10 bits per heavy atom. The summed E-state index contributed by atoms with van der Waals surface area (Å²) in [6.07, 6.45) is 0. The van der Waals surface area contributed by atoms with E-state index in [0.29, 0.717) is 11.5 Å². The summed E-state index contributed by atoms with van der Waals surface area (Å²) in [5.41, 5.74) is 10.8. The van der Waals surface area contributed by atoms with Crippen molar-refractivity contribution in [1.29, 1.82) is 0 Å². The number of furan rings is 2. The first kappa shape index (κ1) is 28.7. The molecule has 5 nitrogen and oxygen atoms in total. The second-order valence-electron chi connectivity index (χ2n) is 13.1. The molecule has 0 aliphatic rings. The maximum absolute atomic E-state index is 6.80. The number of nitrogens with zero attached hydrogens (tertiary/aromatic N) is 2. The van der Waals surface area contributed by atoms with Gasteiger partial charge < -0.3 is 18.2 Å². The van der Waals surface area contributed by atoms with Crippen LogP contribution in [0.3, 0.4) is 0 Å². The van der Waals surface area contributed by atoms with Gasteiger partial charge in [0.05, 0.1) is 22.1 Å². The van der Waals surface area contributed by atoms with Crippen LogP contribution in [-0.2, 0) is 0 Å². The van der Waals surface area contributed by atoms with E-state index < -0.39 is 0 Å². The van der Waals surface area contributed by atoms with Gasteiger partial charge in [-0.15, -0.1) is 0 Å². The molecule has 5 heteroatoms. The summed E-state index contributed by atoms with van der Waals surface area (Å²) >= 11 is 0. The largest absolute Gasteiger partial charge is 0.456 e. The van der Waals surface area contributed by atoms with Crippen molar-refractivity contribution in [1.82, 2.24) is 4.98 Å². The predicted octanol–water partition coefficient (Wildman–Crippen LogP) is 13.6. The Morgan fingerprint density at radius 1 is 0.404 bits per heavy atom. The average Bonchev–Trinajstić information content (AvgIpc) is 3.92. The van der Waals surface area contributed by atoms with E-state index in [9.17, 15) is 0 Å². The van der Waals surface area contributed by atoms with Crippen LogP contribution >= 0.6 is 0 Å². The van der Waals surface area contributed by atoms with Gasteiger partial charge in [0.2, 0.25) is 5.89 Å².